The largest absolute Gasteiger partial charge is 0.335 e. The molecule has 0 spiro atoms. The Morgan fingerprint density at radius 1 is 0.862 bits per heavy atom. The zero-order valence-corrected chi connectivity index (χ0v) is 16.0. The second-order valence-electron chi connectivity index (χ2n) is 7.28. The van der Waals surface area contributed by atoms with Crippen LogP contribution in [0.2, 0.25) is 0 Å². The second-order valence-corrected chi connectivity index (χ2v) is 7.28. The van der Waals surface area contributed by atoms with E-state index in [-0.39, 0.29) is 17.9 Å². The van der Waals surface area contributed by atoms with Crippen molar-refractivity contribution in [1.29, 1.82) is 0 Å². The van der Waals surface area contributed by atoms with Gasteiger partial charge in [0.15, 0.2) is 0 Å². The van der Waals surface area contributed by atoms with E-state index in [4.69, 9.17) is 0 Å². The van der Waals surface area contributed by atoms with Crippen LogP contribution < -0.4 is 0 Å². The molecule has 1 aliphatic rings. The van der Waals surface area contributed by atoms with E-state index in [0.29, 0.717) is 30.8 Å². The van der Waals surface area contributed by atoms with Crippen molar-refractivity contribution in [1.82, 2.24) is 29.0 Å². The molecule has 2 amide bonds. The number of hydrogen-bond acceptors (Lipinski definition) is 4. The summed E-state index contributed by atoms with van der Waals surface area (Å²) in [5.74, 6) is -0.108. The van der Waals surface area contributed by atoms with Gasteiger partial charge in [0.2, 0.25) is 0 Å². The number of nitrogens with zero attached hydrogens (tertiary/aromatic N) is 6. The summed E-state index contributed by atoms with van der Waals surface area (Å²) in [5, 5.41) is 8.52. The Labute approximate surface area is 166 Å². The third-order valence-corrected chi connectivity index (χ3v) is 5.49. The third-order valence-electron chi connectivity index (χ3n) is 5.49. The van der Waals surface area contributed by atoms with Crippen LogP contribution in [0.3, 0.4) is 0 Å². The van der Waals surface area contributed by atoms with Crippen LogP contribution in [0.5, 0.6) is 0 Å². The van der Waals surface area contributed by atoms with Crippen LogP contribution in [0.15, 0.2) is 61.2 Å². The third kappa shape index (κ3) is 2.84. The quantitative estimate of drug-likeness (QED) is 0.526. The molecule has 4 aromatic heterocycles. The lowest BCUT2D eigenvalue weighted by atomic mass is 10.1. The summed E-state index contributed by atoms with van der Waals surface area (Å²) in [6.07, 6.45) is 6.86. The fourth-order valence-electron chi connectivity index (χ4n) is 3.97. The molecule has 0 aromatic carbocycles. The molecule has 5 rings (SSSR count). The van der Waals surface area contributed by atoms with Crippen LogP contribution in [0.25, 0.3) is 11.0 Å². The molecule has 1 fully saturated rings. The van der Waals surface area contributed by atoms with Gasteiger partial charge in [-0.2, -0.15) is 10.2 Å². The summed E-state index contributed by atoms with van der Waals surface area (Å²) in [5.41, 5.74) is 2.74. The monoisotopic (exact) mass is 388 g/mol. The molecule has 0 unspecified atom stereocenters. The zero-order chi connectivity index (χ0) is 20.0. The molecule has 1 atom stereocenters. The Bertz CT molecular complexity index is 1230. The molecule has 1 saturated heterocycles. The van der Waals surface area contributed by atoms with Gasteiger partial charge in [-0.15, -0.1) is 0 Å². The molecule has 8 nitrogen and oxygen atoms in total. The van der Waals surface area contributed by atoms with E-state index >= 15 is 0 Å². The number of rotatable bonds is 2. The fraction of sp³-hybridized carbons (Fsp3) is 0.238. The first-order valence-electron chi connectivity index (χ1n) is 9.58. The minimum absolute atomic E-state index is 0.0539. The summed E-state index contributed by atoms with van der Waals surface area (Å²) in [4.78, 5) is 29.8. The minimum Gasteiger partial charge on any atom is -0.335 e. The van der Waals surface area contributed by atoms with Crippen LogP contribution in [-0.2, 0) is 0 Å². The van der Waals surface area contributed by atoms with Crippen molar-refractivity contribution < 1.29 is 9.59 Å². The van der Waals surface area contributed by atoms with Gasteiger partial charge in [-0.3, -0.25) is 9.59 Å². The predicted molar refractivity (Wildman–Crippen MR) is 107 cm³/mol. The number of pyridine rings is 2. The SMILES string of the molecule is C[C@@H]1CN(C(=O)c2cnn3ccccc23)CCN1C(=O)c1cnn2ccccc12. The van der Waals surface area contributed by atoms with E-state index in [0.717, 1.165) is 11.0 Å². The van der Waals surface area contributed by atoms with E-state index < -0.39 is 0 Å². The molecule has 0 aliphatic carbocycles. The molecule has 29 heavy (non-hydrogen) atoms. The Morgan fingerprint density at radius 3 is 2.03 bits per heavy atom. The topological polar surface area (TPSA) is 75.2 Å². The minimum atomic E-state index is -0.0966. The van der Waals surface area contributed by atoms with Crippen LogP contribution in [-0.4, -0.2) is 66.5 Å². The van der Waals surface area contributed by atoms with Gasteiger partial charge in [-0.25, -0.2) is 9.03 Å². The fourth-order valence-corrected chi connectivity index (χ4v) is 3.97. The molecule has 0 radical (unpaired) electrons. The van der Waals surface area contributed by atoms with Crippen LogP contribution in [0.1, 0.15) is 27.6 Å². The highest BCUT2D eigenvalue weighted by Gasteiger charge is 2.32. The molecule has 0 N–H and O–H groups in total. The van der Waals surface area contributed by atoms with Gasteiger partial charge in [0.25, 0.3) is 11.8 Å². The van der Waals surface area contributed by atoms with Crippen LogP contribution >= 0.6 is 0 Å². The Morgan fingerprint density at radius 2 is 1.45 bits per heavy atom. The smallest absolute Gasteiger partial charge is 0.258 e. The normalized spacial score (nSPS) is 17.2. The van der Waals surface area contributed by atoms with Gasteiger partial charge in [0.05, 0.1) is 34.6 Å². The van der Waals surface area contributed by atoms with Crippen molar-refractivity contribution in [3.05, 3.63) is 72.3 Å². The maximum atomic E-state index is 13.1. The van der Waals surface area contributed by atoms with Crippen LogP contribution in [0.4, 0.5) is 0 Å². The highest BCUT2D eigenvalue weighted by molar-refractivity contribution is 6.02. The Kier molecular flexibility index (Phi) is 4.04. The van der Waals surface area contributed by atoms with Crippen LogP contribution in [0, 0.1) is 0 Å². The first kappa shape index (κ1) is 17.4. The number of carbonyl (C=O) groups excluding carboxylic acids is 2. The average Bonchev–Trinajstić information content (AvgIpc) is 3.37. The number of aromatic nitrogens is 4. The summed E-state index contributed by atoms with van der Waals surface area (Å²) in [7, 11) is 0. The number of carbonyl (C=O) groups is 2. The Balaban J connectivity index is 1.35. The van der Waals surface area contributed by atoms with Crippen molar-refractivity contribution in [2.24, 2.45) is 0 Å². The zero-order valence-electron chi connectivity index (χ0n) is 16.0. The average molecular weight is 388 g/mol. The second kappa shape index (κ2) is 6.73. The molecule has 0 saturated carbocycles. The first-order valence-corrected chi connectivity index (χ1v) is 9.58. The van der Waals surface area contributed by atoms with Crippen molar-refractivity contribution in [2.75, 3.05) is 19.6 Å². The van der Waals surface area contributed by atoms with Crippen molar-refractivity contribution >= 4 is 22.8 Å². The van der Waals surface area contributed by atoms with Gasteiger partial charge in [0.1, 0.15) is 0 Å². The standard InChI is InChI=1S/C21H20N6O2/c1-15-14-24(20(28)16-12-22-26-8-4-2-6-18(16)26)10-11-25(15)21(29)17-13-23-27-9-5-3-7-19(17)27/h2-9,12-13,15H,10-11,14H2,1H3/t15-/m1/s1. The van der Waals surface area contributed by atoms with Gasteiger partial charge >= 0.3 is 0 Å². The number of fused-ring (bicyclic) bond motifs is 2. The lowest BCUT2D eigenvalue weighted by molar-refractivity contribution is 0.0416. The molecule has 5 heterocycles. The van der Waals surface area contributed by atoms with E-state index in [2.05, 4.69) is 10.2 Å². The first-order chi connectivity index (χ1) is 14.1. The Hall–Kier alpha value is -3.68. The molecule has 1 aliphatic heterocycles. The predicted octanol–water partition coefficient (Wildman–Crippen LogP) is 1.97. The molecule has 0 bridgehead atoms. The van der Waals surface area contributed by atoms with Crippen molar-refractivity contribution in [3.8, 4) is 0 Å². The summed E-state index contributed by atoms with van der Waals surface area (Å²) < 4.78 is 3.39. The van der Waals surface area contributed by atoms with Gasteiger partial charge in [0, 0.05) is 38.1 Å². The van der Waals surface area contributed by atoms with Gasteiger partial charge in [-0.1, -0.05) is 12.1 Å². The maximum Gasteiger partial charge on any atom is 0.258 e. The number of piperazine rings is 1. The molecular formula is C21H20N6O2. The van der Waals surface area contributed by atoms with Gasteiger partial charge < -0.3 is 9.80 Å². The van der Waals surface area contributed by atoms with E-state index in [1.165, 1.54) is 0 Å². The van der Waals surface area contributed by atoms with E-state index in [9.17, 15) is 9.59 Å². The van der Waals surface area contributed by atoms with Gasteiger partial charge in [-0.05, 0) is 31.2 Å². The summed E-state index contributed by atoms with van der Waals surface area (Å²) >= 11 is 0. The summed E-state index contributed by atoms with van der Waals surface area (Å²) in [6, 6.07) is 11.2. The molecule has 8 heteroatoms. The molecular weight excluding hydrogens is 368 g/mol. The van der Waals surface area contributed by atoms with E-state index in [1.807, 2.05) is 60.6 Å². The highest BCUT2D eigenvalue weighted by atomic mass is 16.2. The maximum absolute atomic E-state index is 13.1. The number of amides is 2. The van der Waals surface area contributed by atoms with E-state index in [1.54, 1.807) is 26.3 Å². The highest BCUT2D eigenvalue weighted by Crippen LogP contribution is 2.20. The molecule has 4 aromatic rings. The molecule has 146 valence electrons. The number of hydrogen-bond donors (Lipinski definition) is 0. The lowest BCUT2D eigenvalue weighted by Gasteiger charge is -2.39. The summed E-state index contributed by atoms with van der Waals surface area (Å²) in [6.45, 7) is 3.42. The lowest BCUT2D eigenvalue weighted by Crippen LogP contribution is -2.55. The van der Waals surface area contributed by atoms with Crippen molar-refractivity contribution in [3.63, 3.8) is 0 Å². The van der Waals surface area contributed by atoms with Crippen molar-refractivity contribution in [2.45, 2.75) is 13.0 Å².